The van der Waals surface area contributed by atoms with Gasteiger partial charge >= 0.3 is 6.18 Å². The third kappa shape index (κ3) is 3.66. The summed E-state index contributed by atoms with van der Waals surface area (Å²) in [4.78, 5) is 21.0. The van der Waals surface area contributed by atoms with E-state index in [-0.39, 0.29) is 17.8 Å². The number of pyridine rings is 2. The average Bonchev–Trinajstić information content (AvgIpc) is 2.49. The van der Waals surface area contributed by atoms with Crippen LogP contribution < -0.4 is 4.74 Å². The molecule has 9 heteroatoms. The van der Waals surface area contributed by atoms with E-state index in [2.05, 4.69) is 25.9 Å². The van der Waals surface area contributed by atoms with Gasteiger partial charge in [-0.3, -0.25) is 14.8 Å². The lowest BCUT2D eigenvalue weighted by Crippen LogP contribution is -2.56. The highest BCUT2D eigenvalue weighted by atomic mass is 79.9. The molecule has 1 saturated heterocycles. The number of aromatic nitrogens is 2. The topological polar surface area (TPSA) is 55.3 Å². The molecule has 0 radical (unpaired) electrons. The second-order valence-electron chi connectivity index (χ2n) is 5.22. The summed E-state index contributed by atoms with van der Waals surface area (Å²) in [6.45, 7) is 0.601. The summed E-state index contributed by atoms with van der Waals surface area (Å²) in [6.07, 6.45) is -0.792. The second kappa shape index (κ2) is 6.39. The highest BCUT2D eigenvalue weighted by Gasteiger charge is 2.35. The molecule has 126 valence electrons. The fraction of sp³-hybridized carbons (Fsp3) is 0.267. The summed E-state index contributed by atoms with van der Waals surface area (Å²) >= 11 is 3.24. The molecule has 0 atom stereocenters. The van der Waals surface area contributed by atoms with Crippen LogP contribution in [-0.4, -0.2) is 40.0 Å². The van der Waals surface area contributed by atoms with Gasteiger partial charge in [0.05, 0.1) is 18.7 Å². The van der Waals surface area contributed by atoms with Crippen molar-refractivity contribution < 1.29 is 22.7 Å². The molecule has 0 spiro atoms. The van der Waals surface area contributed by atoms with Gasteiger partial charge in [0, 0.05) is 29.1 Å². The van der Waals surface area contributed by atoms with E-state index >= 15 is 0 Å². The number of ether oxygens (including phenoxy) is 1. The zero-order valence-electron chi connectivity index (χ0n) is 12.1. The fourth-order valence-electron chi connectivity index (χ4n) is 2.22. The summed E-state index contributed by atoms with van der Waals surface area (Å²) in [7, 11) is 0. The smallest absolute Gasteiger partial charge is 0.433 e. The van der Waals surface area contributed by atoms with Crippen LogP contribution in [0.25, 0.3) is 0 Å². The van der Waals surface area contributed by atoms with Crippen molar-refractivity contribution in [2.45, 2.75) is 12.3 Å². The van der Waals surface area contributed by atoms with Gasteiger partial charge in [0.25, 0.3) is 5.91 Å². The van der Waals surface area contributed by atoms with Crippen LogP contribution in [0.15, 0.2) is 41.3 Å². The van der Waals surface area contributed by atoms with Crippen LogP contribution >= 0.6 is 15.9 Å². The Morgan fingerprint density at radius 2 is 2.04 bits per heavy atom. The van der Waals surface area contributed by atoms with Gasteiger partial charge in [-0.15, -0.1) is 0 Å². The molecule has 1 aliphatic heterocycles. The Hall–Kier alpha value is -2.16. The standard InChI is InChI=1S/C15H11BrF3N3O2/c16-10-3-9(5-20-6-10)14(23)22-7-12(8-22)24-11-1-2-21-13(4-11)15(17,18)19/h1-6,12H,7-8H2. The zero-order chi connectivity index (χ0) is 17.3. The third-order valence-electron chi connectivity index (χ3n) is 3.41. The molecular weight excluding hydrogens is 391 g/mol. The molecule has 3 heterocycles. The molecule has 1 fully saturated rings. The molecule has 0 aliphatic carbocycles. The molecule has 0 bridgehead atoms. The minimum Gasteiger partial charge on any atom is -0.487 e. The van der Waals surface area contributed by atoms with Crippen molar-refractivity contribution in [2.24, 2.45) is 0 Å². The number of carbonyl (C=O) groups excluding carboxylic acids is 1. The molecule has 0 aromatic carbocycles. The first kappa shape index (κ1) is 16.7. The number of hydrogen-bond donors (Lipinski definition) is 0. The predicted octanol–water partition coefficient (Wildman–Crippen LogP) is 3.16. The molecule has 5 nitrogen and oxygen atoms in total. The van der Waals surface area contributed by atoms with Gasteiger partial charge in [-0.05, 0) is 28.1 Å². The van der Waals surface area contributed by atoms with E-state index in [4.69, 9.17) is 4.74 Å². The Balaban J connectivity index is 1.59. The van der Waals surface area contributed by atoms with Crippen molar-refractivity contribution in [1.29, 1.82) is 0 Å². The number of amides is 1. The minimum absolute atomic E-state index is 0.0820. The molecule has 1 amide bonds. The summed E-state index contributed by atoms with van der Waals surface area (Å²) in [5.41, 5.74) is -0.571. The quantitative estimate of drug-likeness (QED) is 0.792. The van der Waals surface area contributed by atoms with Crippen molar-refractivity contribution in [3.05, 3.63) is 52.5 Å². The van der Waals surface area contributed by atoms with E-state index < -0.39 is 11.9 Å². The lowest BCUT2D eigenvalue weighted by molar-refractivity contribution is -0.141. The van der Waals surface area contributed by atoms with E-state index in [0.717, 1.165) is 12.3 Å². The number of halogens is 4. The van der Waals surface area contributed by atoms with E-state index in [9.17, 15) is 18.0 Å². The largest absolute Gasteiger partial charge is 0.487 e. The first-order chi connectivity index (χ1) is 11.3. The third-order valence-corrected chi connectivity index (χ3v) is 3.85. The summed E-state index contributed by atoms with van der Waals surface area (Å²) < 4.78 is 44.0. The van der Waals surface area contributed by atoms with Crippen molar-refractivity contribution in [1.82, 2.24) is 14.9 Å². The van der Waals surface area contributed by atoms with Crippen LogP contribution in [-0.2, 0) is 6.18 Å². The first-order valence-corrected chi connectivity index (χ1v) is 7.72. The predicted molar refractivity (Wildman–Crippen MR) is 81.5 cm³/mol. The van der Waals surface area contributed by atoms with Gasteiger partial charge in [-0.1, -0.05) is 0 Å². The number of hydrogen-bond acceptors (Lipinski definition) is 4. The van der Waals surface area contributed by atoms with Gasteiger partial charge in [-0.25, -0.2) is 0 Å². The van der Waals surface area contributed by atoms with E-state index in [1.807, 2.05) is 0 Å². The van der Waals surface area contributed by atoms with Gasteiger partial charge in [0.15, 0.2) is 0 Å². The van der Waals surface area contributed by atoms with Crippen molar-refractivity contribution >= 4 is 21.8 Å². The van der Waals surface area contributed by atoms with Crippen molar-refractivity contribution in [2.75, 3.05) is 13.1 Å². The van der Waals surface area contributed by atoms with Gasteiger partial charge in [-0.2, -0.15) is 13.2 Å². The highest BCUT2D eigenvalue weighted by Crippen LogP contribution is 2.30. The van der Waals surface area contributed by atoms with Crippen LogP contribution in [0, 0.1) is 0 Å². The van der Waals surface area contributed by atoms with Crippen LogP contribution in [0.3, 0.4) is 0 Å². The minimum atomic E-state index is -4.52. The average molecular weight is 402 g/mol. The number of likely N-dealkylation sites (tertiary alicyclic amines) is 1. The van der Waals surface area contributed by atoms with E-state index in [1.165, 1.54) is 12.3 Å². The Morgan fingerprint density at radius 3 is 2.71 bits per heavy atom. The monoisotopic (exact) mass is 401 g/mol. The lowest BCUT2D eigenvalue weighted by atomic mass is 10.1. The number of nitrogens with zero attached hydrogens (tertiary/aromatic N) is 3. The van der Waals surface area contributed by atoms with Crippen LogP contribution in [0.5, 0.6) is 5.75 Å². The maximum Gasteiger partial charge on any atom is 0.433 e. The van der Waals surface area contributed by atoms with Crippen LogP contribution in [0.4, 0.5) is 13.2 Å². The Kier molecular flexibility index (Phi) is 4.44. The lowest BCUT2D eigenvalue weighted by Gasteiger charge is -2.39. The normalized spacial score (nSPS) is 15.1. The summed E-state index contributed by atoms with van der Waals surface area (Å²) in [5, 5.41) is 0. The molecule has 2 aromatic rings. The van der Waals surface area contributed by atoms with E-state index in [1.54, 1.807) is 17.2 Å². The van der Waals surface area contributed by atoms with Crippen molar-refractivity contribution in [3.8, 4) is 5.75 Å². The Morgan fingerprint density at radius 1 is 1.29 bits per heavy atom. The van der Waals surface area contributed by atoms with Gasteiger partial charge < -0.3 is 9.64 Å². The maximum absolute atomic E-state index is 12.6. The zero-order valence-corrected chi connectivity index (χ0v) is 13.7. The molecule has 3 rings (SSSR count). The SMILES string of the molecule is O=C(c1cncc(Br)c1)N1CC(Oc2ccnc(C(F)(F)F)c2)C1. The van der Waals surface area contributed by atoms with Crippen molar-refractivity contribution in [3.63, 3.8) is 0 Å². The first-order valence-electron chi connectivity index (χ1n) is 6.92. The summed E-state index contributed by atoms with van der Waals surface area (Å²) in [5.74, 6) is -0.118. The highest BCUT2D eigenvalue weighted by molar-refractivity contribution is 9.10. The number of alkyl halides is 3. The number of carbonyl (C=O) groups is 1. The Bertz CT molecular complexity index is 764. The van der Waals surface area contributed by atoms with Gasteiger partial charge in [0.1, 0.15) is 17.5 Å². The molecule has 2 aromatic heterocycles. The Labute approximate surface area is 143 Å². The molecule has 0 N–H and O–H groups in total. The molecule has 24 heavy (non-hydrogen) atoms. The van der Waals surface area contributed by atoms with Gasteiger partial charge in [0.2, 0.25) is 0 Å². The second-order valence-corrected chi connectivity index (χ2v) is 6.13. The molecule has 0 unspecified atom stereocenters. The summed E-state index contributed by atoms with van der Waals surface area (Å²) in [6, 6.07) is 3.86. The van der Waals surface area contributed by atoms with Crippen LogP contribution in [0.1, 0.15) is 16.1 Å². The van der Waals surface area contributed by atoms with Crippen LogP contribution in [0.2, 0.25) is 0 Å². The molecule has 0 saturated carbocycles. The molecule has 1 aliphatic rings. The molecular formula is C15H11BrF3N3O2. The number of rotatable bonds is 3. The van der Waals surface area contributed by atoms with E-state index in [0.29, 0.717) is 23.1 Å². The fourth-order valence-corrected chi connectivity index (χ4v) is 2.59. The maximum atomic E-state index is 12.6.